The number of halogens is 3. The Hall–Kier alpha value is -1.53. The summed E-state index contributed by atoms with van der Waals surface area (Å²) in [6.45, 7) is 0. The largest absolute Gasteiger partial charge is 0.439 e. The van der Waals surface area contributed by atoms with E-state index in [2.05, 4.69) is 10.3 Å². The number of hydrogen-bond donors (Lipinski definition) is 2. The molecule has 2 atom stereocenters. The Labute approximate surface area is 188 Å². The number of fused-ring (bicyclic) bond motifs is 2. The first-order valence-electron chi connectivity index (χ1n) is 9.54. The quantitative estimate of drug-likeness (QED) is 0.637. The molecule has 2 fully saturated rings. The third-order valence-corrected chi connectivity index (χ3v) is 6.05. The van der Waals surface area contributed by atoms with Crippen molar-refractivity contribution in [2.24, 2.45) is 23.5 Å². The van der Waals surface area contributed by atoms with Gasteiger partial charge in [-0.25, -0.2) is 4.98 Å². The molecule has 2 aromatic rings. The summed E-state index contributed by atoms with van der Waals surface area (Å²) >= 11 is 5.82. The van der Waals surface area contributed by atoms with Gasteiger partial charge in [0.05, 0.1) is 5.02 Å². The van der Waals surface area contributed by atoms with Crippen LogP contribution in [0.4, 0.5) is 5.69 Å². The molecule has 3 N–H and O–H groups in total. The van der Waals surface area contributed by atoms with Crippen LogP contribution >= 0.6 is 36.4 Å². The Morgan fingerprint density at radius 3 is 2.31 bits per heavy atom. The lowest BCUT2D eigenvalue weighted by Gasteiger charge is -2.43. The van der Waals surface area contributed by atoms with Gasteiger partial charge in [0.15, 0.2) is 0 Å². The average Bonchev–Trinajstić information content (AvgIpc) is 2.65. The number of benzene rings is 1. The summed E-state index contributed by atoms with van der Waals surface area (Å²) in [5.41, 5.74) is 7.10. The van der Waals surface area contributed by atoms with Crippen LogP contribution in [0.1, 0.15) is 32.1 Å². The van der Waals surface area contributed by atoms with Gasteiger partial charge in [0.2, 0.25) is 11.8 Å². The van der Waals surface area contributed by atoms with Crippen LogP contribution in [0.15, 0.2) is 42.6 Å². The third kappa shape index (κ3) is 5.76. The minimum absolute atomic E-state index is 0. The number of rotatable bonds is 4. The monoisotopic (exact) mass is 457 g/mol. The fourth-order valence-corrected chi connectivity index (χ4v) is 4.51. The number of nitrogens with one attached hydrogen (secondary N) is 1. The Kier molecular flexibility index (Phi) is 8.58. The number of ether oxygens (including phenoxy) is 1. The first-order chi connectivity index (χ1) is 13.1. The summed E-state index contributed by atoms with van der Waals surface area (Å²) < 4.78 is 5.68. The lowest BCUT2D eigenvalue weighted by molar-refractivity contribution is -0.122. The zero-order chi connectivity index (χ0) is 18.8. The zero-order valence-corrected chi connectivity index (χ0v) is 18.3. The van der Waals surface area contributed by atoms with Gasteiger partial charge >= 0.3 is 0 Å². The van der Waals surface area contributed by atoms with Gasteiger partial charge in [0, 0.05) is 29.9 Å². The van der Waals surface area contributed by atoms with Gasteiger partial charge in [-0.05, 0) is 67.9 Å². The van der Waals surface area contributed by atoms with Gasteiger partial charge < -0.3 is 15.8 Å². The molecule has 29 heavy (non-hydrogen) atoms. The molecule has 0 spiro atoms. The highest BCUT2D eigenvalue weighted by Gasteiger charge is 2.40. The van der Waals surface area contributed by atoms with Crippen molar-refractivity contribution >= 4 is 48.0 Å². The molecule has 0 radical (unpaired) electrons. The van der Waals surface area contributed by atoms with E-state index in [1.807, 2.05) is 24.3 Å². The first-order valence-corrected chi connectivity index (χ1v) is 9.92. The molecule has 2 aliphatic rings. The smallest absolute Gasteiger partial charge is 0.227 e. The van der Waals surface area contributed by atoms with Crippen molar-refractivity contribution in [3.05, 3.63) is 47.6 Å². The molecule has 158 valence electrons. The summed E-state index contributed by atoms with van der Waals surface area (Å²) in [5, 5.41) is 3.61. The lowest BCUT2D eigenvalue weighted by atomic mass is 9.65. The van der Waals surface area contributed by atoms with E-state index >= 15 is 0 Å². The molecule has 2 saturated carbocycles. The highest BCUT2D eigenvalue weighted by molar-refractivity contribution is 6.30. The number of anilines is 1. The second kappa shape index (κ2) is 10.5. The van der Waals surface area contributed by atoms with Crippen molar-refractivity contribution in [2.45, 2.75) is 38.1 Å². The van der Waals surface area contributed by atoms with Crippen molar-refractivity contribution in [1.82, 2.24) is 4.98 Å². The molecule has 1 heterocycles. The van der Waals surface area contributed by atoms with Crippen molar-refractivity contribution in [1.29, 1.82) is 0 Å². The Morgan fingerprint density at radius 1 is 1.07 bits per heavy atom. The molecule has 1 aromatic carbocycles. The van der Waals surface area contributed by atoms with E-state index < -0.39 is 0 Å². The second-order valence-electron chi connectivity index (χ2n) is 7.63. The molecule has 5 nitrogen and oxygen atoms in total. The minimum atomic E-state index is 0. The maximum atomic E-state index is 12.7. The predicted molar refractivity (Wildman–Crippen MR) is 120 cm³/mol. The number of hydrogen-bond acceptors (Lipinski definition) is 4. The molecule has 8 heteroatoms. The lowest BCUT2D eigenvalue weighted by Crippen LogP contribution is -2.48. The number of nitrogens with two attached hydrogens (primary N) is 1. The maximum Gasteiger partial charge on any atom is 0.227 e. The molecule has 1 aromatic heterocycles. The molecule has 4 rings (SSSR count). The summed E-state index contributed by atoms with van der Waals surface area (Å²) in [7, 11) is 0. The Bertz CT molecular complexity index is 788. The standard InChI is InChI=1S/C21H24ClN3O2.2ClH/c22-16-4-9-19(24-12-16)27-18-7-5-17(6-8-18)25-21(26)15-10-13-2-1-3-14(11-15)20(13)23;;/h4-9,12-15,20H,1-3,10-11,23H2,(H,25,26);2*1H. The van der Waals surface area contributed by atoms with Gasteiger partial charge in [-0.3, -0.25) is 4.79 Å². The van der Waals surface area contributed by atoms with Gasteiger partial charge in [0.1, 0.15) is 5.75 Å². The molecular weight excluding hydrogens is 433 g/mol. The van der Waals surface area contributed by atoms with E-state index in [4.69, 9.17) is 22.1 Å². The fraction of sp³-hybridized carbons (Fsp3) is 0.429. The van der Waals surface area contributed by atoms with Crippen LogP contribution in [-0.2, 0) is 4.79 Å². The van der Waals surface area contributed by atoms with E-state index in [0.29, 0.717) is 28.5 Å². The number of aromatic nitrogens is 1. The van der Waals surface area contributed by atoms with Crippen molar-refractivity contribution in [3.63, 3.8) is 0 Å². The second-order valence-corrected chi connectivity index (χ2v) is 8.06. The van der Waals surface area contributed by atoms with E-state index in [0.717, 1.165) is 31.4 Å². The van der Waals surface area contributed by atoms with Crippen LogP contribution in [0.3, 0.4) is 0 Å². The van der Waals surface area contributed by atoms with Crippen LogP contribution in [0.5, 0.6) is 11.6 Å². The Balaban J connectivity index is 0.00000150. The molecular formula is C21H26Cl3N3O2. The number of carbonyl (C=O) groups excluding carboxylic acids is 1. The molecule has 1 amide bonds. The van der Waals surface area contributed by atoms with Crippen molar-refractivity contribution in [3.8, 4) is 11.6 Å². The molecule has 2 bridgehead atoms. The normalized spacial score (nSPS) is 25.2. The van der Waals surface area contributed by atoms with E-state index in [-0.39, 0.29) is 42.7 Å². The van der Waals surface area contributed by atoms with Crippen LogP contribution < -0.4 is 15.8 Å². The van der Waals surface area contributed by atoms with Gasteiger partial charge in [0.25, 0.3) is 0 Å². The van der Waals surface area contributed by atoms with E-state index in [9.17, 15) is 4.79 Å². The van der Waals surface area contributed by atoms with E-state index in [1.165, 1.54) is 12.6 Å². The molecule has 2 aliphatic carbocycles. The van der Waals surface area contributed by atoms with Crippen LogP contribution in [0, 0.1) is 17.8 Å². The highest BCUT2D eigenvalue weighted by Crippen LogP contribution is 2.42. The Morgan fingerprint density at radius 2 is 1.72 bits per heavy atom. The van der Waals surface area contributed by atoms with Crippen molar-refractivity contribution in [2.75, 3.05) is 5.32 Å². The van der Waals surface area contributed by atoms with E-state index in [1.54, 1.807) is 12.1 Å². The predicted octanol–water partition coefficient (Wildman–Crippen LogP) is 5.46. The molecule has 2 unspecified atom stereocenters. The third-order valence-electron chi connectivity index (χ3n) is 5.83. The van der Waals surface area contributed by atoms with Gasteiger partial charge in [-0.1, -0.05) is 18.0 Å². The first kappa shape index (κ1) is 23.7. The SMILES string of the molecule is Cl.Cl.NC1C2CCCC1CC(C(=O)Nc1ccc(Oc3ccc(Cl)cn3)cc1)C2. The number of amides is 1. The number of pyridine rings is 1. The summed E-state index contributed by atoms with van der Waals surface area (Å²) in [5.74, 6) is 2.29. The fourth-order valence-electron chi connectivity index (χ4n) is 4.40. The summed E-state index contributed by atoms with van der Waals surface area (Å²) in [4.78, 5) is 16.8. The number of carbonyl (C=O) groups is 1. The summed E-state index contributed by atoms with van der Waals surface area (Å²) in [6.07, 6.45) is 6.93. The number of nitrogens with zero attached hydrogens (tertiary/aromatic N) is 1. The minimum Gasteiger partial charge on any atom is -0.439 e. The summed E-state index contributed by atoms with van der Waals surface area (Å²) in [6, 6.07) is 11.0. The van der Waals surface area contributed by atoms with Gasteiger partial charge in [-0.15, -0.1) is 24.8 Å². The van der Waals surface area contributed by atoms with Crippen LogP contribution in [0.2, 0.25) is 5.02 Å². The van der Waals surface area contributed by atoms with Crippen LogP contribution in [-0.4, -0.2) is 16.9 Å². The molecule has 0 saturated heterocycles. The average molecular weight is 459 g/mol. The van der Waals surface area contributed by atoms with Crippen molar-refractivity contribution < 1.29 is 9.53 Å². The van der Waals surface area contributed by atoms with Gasteiger partial charge in [-0.2, -0.15) is 0 Å². The van der Waals surface area contributed by atoms with Crippen LogP contribution in [0.25, 0.3) is 0 Å². The zero-order valence-electron chi connectivity index (χ0n) is 15.9. The highest BCUT2D eigenvalue weighted by atomic mass is 35.5. The maximum absolute atomic E-state index is 12.7. The topological polar surface area (TPSA) is 77.2 Å². The molecule has 0 aliphatic heterocycles.